The summed E-state index contributed by atoms with van der Waals surface area (Å²) in [5.41, 5.74) is 5.63. The number of para-hydroxylation sites is 1. The maximum absolute atomic E-state index is 13.4. The highest BCUT2D eigenvalue weighted by molar-refractivity contribution is 7.89. The number of carboxylic acid groups (broad SMARTS) is 1. The number of aromatic carboxylic acids is 1. The Morgan fingerprint density at radius 2 is 1.45 bits per heavy atom. The Morgan fingerprint density at radius 1 is 0.849 bits per heavy atom. The minimum absolute atomic E-state index is 0. The third-order valence-electron chi connectivity index (χ3n) is 10.3. The summed E-state index contributed by atoms with van der Waals surface area (Å²) in [5, 5.41) is 10.4. The van der Waals surface area contributed by atoms with E-state index in [9.17, 15) is 18.3 Å². The van der Waals surface area contributed by atoms with Gasteiger partial charge in [0.25, 0.3) is 0 Å². The van der Waals surface area contributed by atoms with Crippen LogP contribution in [0.25, 0.3) is 10.9 Å². The maximum Gasteiger partial charge on any atom is 0.335 e. The predicted octanol–water partition coefficient (Wildman–Crippen LogP) is 1.49. The summed E-state index contributed by atoms with van der Waals surface area (Å²) >= 11 is 0. The van der Waals surface area contributed by atoms with E-state index >= 15 is 0 Å². The van der Waals surface area contributed by atoms with E-state index in [-0.39, 0.29) is 36.3 Å². The van der Waals surface area contributed by atoms with Crippen LogP contribution in [0.4, 0.5) is 0 Å². The predicted molar refractivity (Wildman–Crippen MR) is 200 cm³/mol. The van der Waals surface area contributed by atoms with Crippen LogP contribution in [0.1, 0.15) is 51.6 Å². The summed E-state index contributed by atoms with van der Waals surface area (Å²) in [5.74, 6) is -0.813. The molecule has 7 rings (SSSR count). The number of rotatable bonds is 15. The number of carboxylic acids is 1. The topological polar surface area (TPSA) is 121 Å². The fourth-order valence-electron chi connectivity index (χ4n) is 7.65. The van der Waals surface area contributed by atoms with Crippen LogP contribution in [0, 0.1) is 0 Å². The minimum atomic E-state index is -3.53. The van der Waals surface area contributed by atoms with Crippen LogP contribution in [0.3, 0.4) is 0 Å². The summed E-state index contributed by atoms with van der Waals surface area (Å²) < 4.78 is 49.9. The molecule has 2 aliphatic heterocycles. The third-order valence-corrected chi connectivity index (χ3v) is 11.7. The second-order valence-corrected chi connectivity index (χ2v) is 15.5. The van der Waals surface area contributed by atoms with Crippen LogP contribution in [-0.2, 0) is 32.3 Å². The highest BCUT2D eigenvalue weighted by Crippen LogP contribution is 2.37. The number of hydrogen-bond acceptors (Lipinski definition) is 6. The molecule has 4 aromatic carbocycles. The van der Waals surface area contributed by atoms with Crippen molar-refractivity contribution in [3.63, 3.8) is 0 Å². The van der Waals surface area contributed by atoms with Gasteiger partial charge >= 0.3 is 5.97 Å². The molecule has 5 aromatic rings. The lowest BCUT2D eigenvalue weighted by molar-refractivity contribution is -0.906. The van der Waals surface area contributed by atoms with E-state index in [4.69, 9.17) is 14.2 Å². The van der Waals surface area contributed by atoms with Gasteiger partial charge in [-0.15, -0.1) is 0 Å². The standard InChI is InChI=1S/C41H45N3O7S.ClH/c45-40(46)33-15-17-34(18-16-33)49-27-20-36-35-13-7-8-14-37(35)44(39(31-9-3-1-4-10-31)32-11-5-2-6-12-32)38(36)19-23-42-52(47,48)30-26-43-24-21-41(22-25-43)50-28-29-51-41;/h1-18,39,42H,19-30H2,(H,45,46);1H. The second kappa shape index (κ2) is 17.3. The number of carbonyl (C=O) groups is 1. The van der Waals surface area contributed by atoms with Crippen molar-refractivity contribution in [2.75, 3.05) is 51.8 Å². The van der Waals surface area contributed by atoms with Crippen LogP contribution in [-0.4, -0.2) is 81.6 Å². The van der Waals surface area contributed by atoms with E-state index in [0.29, 0.717) is 45.0 Å². The number of nitrogens with zero attached hydrogens (tertiary/aromatic N) is 1. The molecule has 0 amide bonds. The van der Waals surface area contributed by atoms with Crippen molar-refractivity contribution in [2.45, 2.75) is 37.5 Å². The molecule has 2 aliphatic rings. The van der Waals surface area contributed by atoms with Gasteiger partial charge in [-0.05, 0) is 47.0 Å². The van der Waals surface area contributed by atoms with Gasteiger partial charge in [-0.1, -0.05) is 78.9 Å². The average Bonchev–Trinajstić information content (AvgIpc) is 3.75. The Morgan fingerprint density at radius 3 is 2.08 bits per heavy atom. The Labute approximate surface area is 317 Å². The molecule has 2 saturated heterocycles. The molecule has 0 aliphatic carbocycles. The molecule has 1 spiro atoms. The molecule has 0 radical (unpaired) electrons. The van der Waals surface area contributed by atoms with Gasteiger partial charge in [0.2, 0.25) is 10.0 Å². The zero-order valence-corrected chi connectivity index (χ0v) is 31.2. The molecule has 1 aromatic heterocycles. The summed E-state index contributed by atoms with van der Waals surface area (Å²) in [6, 6.07) is 35.3. The Hall–Kier alpha value is -4.23. The minimum Gasteiger partial charge on any atom is -1.00 e. The van der Waals surface area contributed by atoms with Crippen molar-refractivity contribution >= 4 is 26.9 Å². The van der Waals surface area contributed by atoms with E-state index in [2.05, 4.69) is 45.7 Å². The van der Waals surface area contributed by atoms with Crippen LogP contribution >= 0.6 is 0 Å². The SMILES string of the molecule is O=C(O)c1ccc(OCCc2c(CCNS(=O)(=O)CC[NH+]3CCC4(CC3)OCCO4)n(C(c3ccccc3)c3ccccc3)c3ccccc23)cc1.[Cl-]. The van der Waals surface area contributed by atoms with Gasteiger partial charge in [0.05, 0.1) is 63.9 Å². The monoisotopic (exact) mass is 759 g/mol. The molecule has 53 heavy (non-hydrogen) atoms. The van der Waals surface area contributed by atoms with E-state index in [1.807, 2.05) is 48.5 Å². The molecular formula is C41H46ClN3O7S. The zero-order chi connectivity index (χ0) is 36.0. The van der Waals surface area contributed by atoms with Crippen LogP contribution in [0.15, 0.2) is 109 Å². The molecule has 280 valence electrons. The van der Waals surface area contributed by atoms with Gasteiger partial charge in [0.15, 0.2) is 5.79 Å². The normalized spacial score (nSPS) is 15.9. The zero-order valence-electron chi connectivity index (χ0n) is 29.6. The summed E-state index contributed by atoms with van der Waals surface area (Å²) in [6.07, 6.45) is 2.61. The molecule has 0 unspecified atom stereocenters. The van der Waals surface area contributed by atoms with E-state index < -0.39 is 21.8 Å². The number of ether oxygens (including phenoxy) is 3. The number of sulfonamides is 1. The summed E-state index contributed by atoms with van der Waals surface area (Å²) in [7, 11) is -3.53. The van der Waals surface area contributed by atoms with E-state index in [0.717, 1.165) is 59.2 Å². The Kier molecular flexibility index (Phi) is 12.5. The van der Waals surface area contributed by atoms with Gasteiger partial charge in [-0.2, -0.15) is 0 Å². The Bertz CT molecular complexity index is 2020. The molecule has 2 fully saturated rings. The molecule has 3 N–H and O–H groups in total. The number of halogens is 1. The molecule has 0 saturated carbocycles. The van der Waals surface area contributed by atoms with E-state index in [1.54, 1.807) is 12.1 Å². The molecule has 0 atom stereocenters. The third kappa shape index (κ3) is 9.12. The van der Waals surface area contributed by atoms with Gasteiger partial charge in [0.1, 0.15) is 11.5 Å². The molecule has 0 bridgehead atoms. The number of likely N-dealkylation sites (tertiary alicyclic amines) is 1. The number of piperidine rings is 1. The van der Waals surface area contributed by atoms with Gasteiger partial charge in [-0.3, -0.25) is 0 Å². The van der Waals surface area contributed by atoms with Crippen molar-refractivity contribution in [2.24, 2.45) is 0 Å². The highest BCUT2D eigenvalue weighted by Gasteiger charge is 2.41. The van der Waals surface area contributed by atoms with Gasteiger partial charge < -0.3 is 41.2 Å². The lowest BCUT2D eigenvalue weighted by Gasteiger charge is -2.35. The van der Waals surface area contributed by atoms with Crippen LogP contribution in [0.5, 0.6) is 5.75 Å². The largest absolute Gasteiger partial charge is 1.00 e. The lowest BCUT2D eigenvalue weighted by atomic mass is 9.97. The van der Waals surface area contributed by atoms with Gasteiger partial charge in [0, 0.05) is 36.0 Å². The first kappa shape index (κ1) is 38.5. The summed E-state index contributed by atoms with van der Waals surface area (Å²) in [6.45, 7) is 4.04. The fourth-order valence-corrected chi connectivity index (χ4v) is 8.77. The van der Waals surface area contributed by atoms with Gasteiger partial charge in [-0.25, -0.2) is 17.9 Å². The molecule has 12 heteroatoms. The quantitative estimate of drug-likeness (QED) is 0.148. The van der Waals surface area contributed by atoms with Crippen molar-refractivity contribution in [3.05, 3.63) is 137 Å². The van der Waals surface area contributed by atoms with E-state index in [1.165, 1.54) is 17.0 Å². The average molecular weight is 760 g/mol. The molecule has 10 nitrogen and oxygen atoms in total. The first-order valence-corrected chi connectivity index (χ1v) is 19.7. The van der Waals surface area contributed by atoms with Crippen molar-refractivity contribution in [1.82, 2.24) is 9.29 Å². The summed E-state index contributed by atoms with van der Waals surface area (Å²) in [4.78, 5) is 12.6. The lowest BCUT2D eigenvalue weighted by Crippen LogP contribution is -3.14. The number of nitrogens with one attached hydrogen (secondary N) is 2. The van der Waals surface area contributed by atoms with Crippen molar-refractivity contribution < 1.29 is 49.8 Å². The number of quaternary nitrogens is 1. The number of fused-ring (bicyclic) bond motifs is 1. The van der Waals surface area contributed by atoms with Crippen LogP contribution in [0.2, 0.25) is 0 Å². The smallest absolute Gasteiger partial charge is 0.335 e. The maximum atomic E-state index is 13.4. The first-order chi connectivity index (χ1) is 25.3. The molecule has 3 heterocycles. The van der Waals surface area contributed by atoms with Crippen LogP contribution < -0.4 is 26.8 Å². The highest BCUT2D eigenvalue weighted by atomic mass is 35.5. The first-order valence-electron chi connectivity index (χ1n) is 18.1. The number of hydrogen-bond donors (Lipinski definition) is 3. The Balaban J connectivity index is 0.00000481. The van der Waals surface area contributed by atoms with Crippen molar-refractivity contribution in [3.8, 4) is 5.75 Å². The number of aromatic nitrogens is 1. The van der Waals surface area contributed by atoms with Crippen molar-refractivity contribution in [1.29, 1.82) is 0 Å². The fraction of sp³-hybridized carbons (Fsp3) is 0.341. The second-order valence-electron chi connectivity index (χ2n) is 13.5. The number of benzene rings is 4. The molecular weight excluding hydrogens is 714 g/mol.